The first-order valence-corrected chi connectivity index (χ1v) is 15.8. The van der Waals surface area contributed by atoms with E-state index in [-0.39, 0.29) is 40.0 Å². The van der Waals surface area contributed by atoms with Crippen LogP contribution < -0.4 is 0 Å². The quantitative estimate of drug-likeness (QED) is 0.143. The van der Waals surface area contributed by atoms with Crippen LogP contribution in [0.5, 0.6) is 0 Å². The van der Waals surface area contributed by atoms with E-state index in [4.69, 9.17) is 11.6 Å². The number of sulfonamides is 1. The number of aromatic nitrogens is 2. The van der Waals surface area contributed by atoms with Crippen LogP contribution in [0.2, 0.25) is 5.02 Å². The topological polar surface area (TPSA) is 92.6 Å². The molecule has 0 aliphatic carbocycles. The zero-order valence-electron chi connectivity index (χ0n) is 23.4. The van der Waals surface area contributed by atoms with E-state index in [1.807, 2.05) is 0 Å². The monoisotopic (exact) mass is 702 g/mol. The lowest BCUT2D eigenvalue weighted by atomic mass is 10.1. The predicted octanol–water partition coefficient (Wildman–Crippen LogP) is 7.13. The van der Waals surface area contributed by atoms with Crippen LogP contribution in [0.1, 0.15) is 22.3 Å². The van der Waals surface area contributed by atoms with Gasteiger partial charge in [0.25, 0.3) is 11.1 Å². The highest BCUT2D eigenvalue weighted by Crippen LogP contribution is 2.36. The van der Waals surface area contributed by atoms with Gasteiger partial charge in [-0.3, -0.25) is 19.2 Å². The molecular formula is C29H21ClF6N4O4S2. The minimum atomic E-state index is -4.64. The third kappa shape index (κ3) is 6.94. The van der Waals surface area contributed by atoms with Gasteiger partial charge in [0.15, 0.2) is 0 Å². The molecule has 8 nitrogen and oxygen atoms in total. The second-order valence-corrected chi connectivity index (χ2v) is 13.6. The molecule has 0 unspecified atom stereocenters. The van der Waals surface area contributed by atoms with Crippen LogP contribution >= 0.6 is 23.4 Å². The SMILES string of the molecule is CN(CCN1C(=O)SC(=Cc2ccc3c(cnn3Cc3ccc(Cl)cc3C(F)(F)F)c2)C1=O)S(=O)(=O)c1ccc(C(F)(F)F)cc1. The van der Waals surface area contributed by atoms with Gasteiger partial charge in [0.2, 0.25) is 10.0 Å². The van der Waals surface area contributed by atoms with E-state index < -0.39 is 44.6 Å². The maximum Gasteiger partial charge on any atom is 0.416 e. The van der Waals surface area contributed by atoms with E-state index in [0.29, 0.717) is 40.4 Å². The molecule has 0 N–H and O–H groups in total. The molecule has 1 fully saturated rings. The summed E-state index contributed by atoms with van der Waals surface area (Å²) in [6.45, 7) is -0.810. The van der Waals surface area contributed by atoms with Gasteiger partial charge in [0, 0.05) is 30.5 Å². The number of halogens is 7. The molecule has 1 aromatic heterocycles. The summed E-state index contributed by atoms with van der Waals surface area (Å²) in [7, 11) is -3.04. The number of imide groups is 1. The van der Waals surface area contributed by atoms with Crippen molar-refractivity contribution in [3.8, 4) is 0 Å². The van der Waals surface area contributed by atoms with Crippen LogP contribution in [0.25, 0.3) is 17.0 Å². The van der Waals surface area contributed by atoms with E-state index in [9.17, 15) is 44.3 Å². The molecular weight excluding hydrogens is 682 g/mol. The van der Waals surface area contributed by atoms with Gasteiger partial charge >= 0.3 is 12.4 Å². The Morgan fingerprint density at radius 1 is 0.957 bits per heavy atom. The minimum absolute atomic E-state index is 0.0301. The van der Waals surface area contributed by atoms with Gasteiger partial charge in [0.05, 0.1) is 39.2 Å². The number of benzene rings is 3. The fraction of sp³-hybridized carbons (Fsp3) is 0.207. The number of hydrogen-bond acceptors (Lipinski definition) is 6. The molecule has 0 bridgehead atoms. The highest BCUT2D eigenvalue weighted by molar-refractivity contribution is 8.18. The fourth-order valence-electron chi connectivity index (χ4n) is 4.63. The summed E-state index contributed by atoms with van der Waals surface area (Å²) in [6.07, 6.45) is -6.35. The van der Waals surface area contributed by atoms with Crippen LogP contribution in [0, 0.1) is 0 Å². The normalized spacial score (nSPS) is 15.6. The number of rotatable bonds is 8. The molecule has 242 valence electrons. The van der Waals surface area contributed by atoms with Crippen molar-refractivity contribution in [3.05, 3.63) is 99.0 Å². The van der Waals surface area contributed by atoms with E-state index in [1.54, 1.807) is 18.2 Å². The Kier molecular flexibility index (Phi) is 9.02. The average Bonchev–Trinajstić information content (AvgIpc) is 3.50. The van der Waals surface area contributed by atoms with E-state index in [1.165, 1.54) is 36.1 Å². The van der Waals surface area contributed by atoms with Gasteiger partial charge in [-0.1, -0.05) is 23.7 Å². The third-order valence-corrected chi connectivity index (χ3v) is 10.1. The van der Waals surface area contributed by atoms with Crippen LogP contribution in [0.15, 0.2) is 76.7 Å². The van der Waals surface area contributed by atoms with Gasteiger partial charge in [-0.15, -0.1) is 0 Å². The fourth-order valence-corrected chi connectivity index (χ4v) is 6.83. The lowest BCUT2D eigenvalue weighted by Crippen LogP contribution is -2.38. The van der Waals surface area contributed by atoms with Gasteiger partial charge in [-0.05, 0) is 77.5 Å². The first-order chi connectivity index (χ1) is 21.4. The van der Waals surface area contributed by atoms with Crippen molar-refractivity contribution < 1.29 is 44.3 Å². The zero-order valence-corrected chi connectivity index (χ0v) is 25.8. The molecule has 1 aliphatic rings. The Morgan fingerprint density at radius 3 is 2.30 bits per heavy atom. The lowest BCUT2D eigenvalue weighted by Gasteiger charge is -2.20. The highest BCUT2D eigenvalue weighted by Gasteiger charge is 2.36. The van der Waals surface area contributed by atoms with Crippen molar-refractivity contribution in [2.24, 2.45) is 0 Å². The Balaban J connectivity index is 1.28. The Morgan fingerprint density at radius 2 is 1.65 bits per heavy atom. The molecule has 1 saturated heterocycles. The molecule has 1 aliphatic heterocycles. The van der Waals surface area contributed by atoms with Gasteiger partial charge in [-0.2, -0.15) is 35.7 Å². The van der Waals surface area contributed by atoms with Crippen molar-refractivity contribution in [3.63, 3.8) is 0 Å². The minimum Gasteiger partial charge on any atom is -0.268 e. The lowest BCUT2D eigenvalue weighted by molar-refractivity contribution is -0.138. The zero-order chi connectivity index (χ0) is 33.6. The van der Waals surface area contributed by atoms with E-state index in [2.05, 4.69) is 5.10 Å². The van der Waals surface area contributed by atoms with Crippen molar-refractivity contribution in [2.75, 3.05) is 20.1 Å². The number of nitrogens with zero attached hydrogens (tertiary/aromatic N) is 4. The molecule has 2 heterocycles. The molecule has 17 heteroatoms. The first-order valence-electron chi connectivity index (χ1n) is 13.2. The summed E-state index contributed by atoms with van der Waals surface area (Å²) >= 11 is 6.41. The Bertz CT molecular complexity index is 1980. The van der Waals surface area contributed by atoms with Crippen LogP contribution in [0.3, 0.4) is 0 Å². The van der Waals surface area contributed by atoms with Gasteiger partial charge in [-0.25, -0.2) is 8.42 Å². The molecule has 0 saturated carbocycles. The number of amides is 2. The Labute approximate surface area is 267 Å². The number of fused-ring (bicyclic) bond motifs is 1. The molecule has 2 amide bonds. The molecule has 0 atom stereocenters. The summed E-state index contributed by atoms with van der Waals surface area (Å²) in [5, 5.41) is 4.07. The van der Waals surface area contributed by atoms with Crippen molar-refractivity contribution in [1.29, 1.82) is 0 Å². The van der Waals surface area contributed by atoms with Crippen LogP contribution in [0.4, 0.5) is 31.1 Å². The molecule has 46 heavy (non-hydrogen) atoms. The number of alkyl halides is 6. The standard InChI is InChI=1S/C29H21ClF6N4O4S2/c1-38(46(43,44)22-7-4-20(5-8-22)28(31,32)33)10-11-39-26(41)25(45-27(39)42)13-17-2-9-24-19(12-17)15-37-40(24)16-18-3-6-21(30)14-23(18)29(34,35)36/h2-9,12-15H,10-11,16H2,1H3. The predicted molar refractivity (Wildman–Crippen MR) is 159 cm³/mol. The third-order valence-electron chi connectivity index (χ3n) is 7.06. The molecule has 0 radical (unpaired) electrons. The molecule has 5 rings (SSSR count). The summed E-state index contributed by atoms with van der Waals surface area (Å²) in [5.74, 6) is -0.673. The second kappa shape index (κ2) is 12.4. The molecule has 0 spiro atoms. The number of carbonyl (C=O) groups excluding carboxylic acids is 2. The first kappa shape index (κ1) is 33.5. The highest BCUT2D eigenvalue weighted by atomic mass is 35.5. The maximum absolute atomic E-state index is 13.5. The maximum atomic E-state index is 13.5. The van der Waals surface area contributed by atoms with Crippen molar-refractivity contribution >= 4 is 61.5 Å². The Hall–Kier alpha value is -3.86. The van der Waals surface area contributed by atoms with Crippen molar-refractivity contribution in [1.82, 2.24) is 19.0 Å². The number of likely N-dealkylation sites (N-methyl/N-ethyl adjacent to an activating group) is 1. The van der Waals surface area contributed by atoms with Gasteiger partial charge in [0.1, 0.15) is 0 Å². The summed E-state index contributed by atoms with van der Waals surface area (Å²) in [4.78, 5) is 26.2. The summed E-state index contributed by atoms with van der Waals surface area (Å²) in [6, 6.07) is 11.3. The van der Waals surface area contributed by atoms with Crippen LogP contribution in [-0.2, 0) is 33.7 Å². The largest absolute Gasteiger partial charge is 0.416 e. The number of hydrogen-bond donors (Lipinski definition) is 0. The van der Waals surface area contributed by atoms with E-state index >= 15 is 0 Å². The number of thioether (sulfide) groups is 1. The number of carbonyl (C=O) groups is 2. The second-order valence-electron chi connectivity index (χ2n) is 10.1. The van der Waals surface area contributed by atoms with E-state index in [0.717, 1.165) is 27.4 Å². The van der Waals surface area contributed by atoms with Crippen molar-refractivity contribution in [2.45, 2.75) is 23.8 Å². The average molecular weight is 703 g/mol. The summed E-state index contributed by atoms with van der Waals surface area (Å²) < 4.78 is 107. The molecule has 3 aromatic carbocycles. The summed E-state index contributed by atoms with van der Waals surface area (Å²) in [5.41, 5.74) is -0.895. The molecule has 4 aromatic rings. The van der Waals surface area contributed by atoms with Gasteiger partial charge < -0.3 is 0 Å². The smallest absolute Gasteiger partial charge is 0.268 e. The van der Waals surface area contributed by atoms with Crippen LogP contribution in [-0.4, -0.2) is 58.7 Å².